The number of halogens is 3. The van der Waals surface area contributed by atoms with Crippen LogP contribution in [0.5, 0.6) is 0 Å². The molecule has 0 unspecified atom stereocenters. The van der Waals surface area contributed by atoms with Crippen LogP contribution in [0, 0.1) is 0 Å². The average molecular weight is 383 g/mol. The molecule has 11 heteroatoms. The van der Waals surface area contributed by atoms with Crippen LogP contribution in [-0.4, -0.2) is 26.5 Å². The van der Waals surface area contributed by atoms with Crippen LogP contribution in [0.25, 0.3) is 11.6 Å². The Balaban J connectivity index is 1.58. The fourth-order valence-electron chi connectivity index (χ4n) is 2.02. The van der Waals surface area contributed by atoms with Gasteiger partial charge in [0, 0.05) is 5.69 Å². The second kappa shape index (κ2) is 7.12. The lowest BCUT2D eigenvalue weighted by molar-refractivity contribution is -0.137. The molecular weight excluding hydrogens is 371 g/mol. The largest absolute Gasteiger partial charge is 0.461 e. The monoisotopic (exact) mass is 383 g/mol. The maximum absolute atomic E-state index is 12.5. The summed E-state index contributed by atoms with van der Waals surface area (Å²) in [5.74, 6) is 6.13. The number of amides is 1. The molecule has 7 nitrogen and oxygen atoms in total. The van der Waals surface area contributed by atoms with Gasteiger partial charge in [-0.25, -0.2) is 4.68 Å². The highest BCUT2D eigenvalue weighted by Gasteiger charge is 2.30. The first-order valence-corrected chi connectivity index (χ1v) is 8.17. The third-order valence-electron chi connectivity index (χ3n) is 3.23. The van der Waals surface area contributed by atoms with Gasteiger partial charge in [-0.05, 0) is 36.4 Å². The van der Waals surface area contributed by atoms with E-state index in [9.17, 15) is 18.0 Å². The van der Waals surface area contributed by atoms with Gasteiger partial charge in [0.2, 0.25) is 16.9 Å². The summed E-state index contributed by atoms with van der Waals surface area (Å²) in [4.78, 5) is 11.9. The molecule has 3 aromatic rings. The van der Waals surface area contributed by atoms with E-state index in [1.165, 1.54) is 23.1 Å². The lowest BCUT2D eigenvalue weighted by Crippen LogP contribution is -2.16. The smallest absolute Gasteiger partial charge is 0.416 e. The Morgan fingerprint density at radius 2 is 1.96 bits per heavy atom. The summed E-state index contributed by atoms with van der Waals surface area (Å²) in [6, 6.07) is 7.51. The number of benzene rings is 1. The molecule has 136 valence electrons. The number of anilines is 1. The lowest BCUT2D eigenvalue weighted by Gasteiger charge is -2.08. The summed E-state index contributed by atoms with van der Waals surface area (Å²) < 4.78 is 43.9. The number of furan rings is 1. The molecule has 0 saturated heterocycles. The number of alkyl halides is 3. The fraction of sp³-hybridized carbons (Fsp3) is 0.133. The minimum absolute atomic E-state index is 0.0471. The van der Waals surface area contributed by atoms with Gasteiger partial charge >= 0.3 is 6.18 Å². The quantitative estimate of drug-likeness (QED) is 0.519. The molecule has 2 heterocycles. The topological polar surface area (TPSA) is 99.0 Å². The molecule has 1 amide bonds. The molecule has 26 heavy (non-hydrogen) atoms. The lowest BCUT2D eigenvalue weighted by atomic mass is 10.2. The number of carbonyl (C=O) groups excluding carboxylic acids is 1. The van der Waals surface area contributed by atoms with Gasteiger partial charge < -0.3 is 15.6 Å². The van der Waals surface area contributed by atoms with Gasteiger partial charge in [-0.2, -0.15) is 13.2 Å². The van der Waals surface area contributed by atoms with Crippen molar-refractivity contribution in [3.8, 4) is 11.6 Å². The standard InChI is InChI=1S/C15H12F3N5O2S/c16-15(17,18)9-3-5-10(6-4-9)20-12(24)8-26-14-22-21-13(23(14)19)11-2-1-7-25-11/h1-7H,8,19H2,(H,20,24). The fourth-order valence-corrected chi connectivity index (χ4v) is 2.68. The van der Waals surface area contributed by atoms with Gasteiger partial charge in [0.15, 0.2) is 5.76 Å². The maximum atomic E-state index is 12.5. The van der Waals surface area contributed by atoms with Crippen LogP contribution in [0.3, 0.4) is 0 Å². The molecule has 3 N–H and O–H groups in total. The molecule has 3 rings (SSSR count). The first-order chi connectivity index (χ1) is 12.3. The minimum atomic E-state index is -4.42. The minimum Gasteiger partial charge on any atom is -0.461 e. The molecule has 0 aliphatic carbocycles. The summed E-state index contributed by atoms with van der Waals surface area (Å²) in [5.41, 5.74) is -0.527. The molecular formula is C15H12F3N5O2S. The van der Waals surface area contributed by atoms with E-state index in [4.69, 9.17) is 10.3 Å². The average Bonchev–Trinajstić information content (AvgIpc) is 3.22. The predicted octanol–water partition coefficient (Wildman–Crippen LogP) is 3.00. The third-order valence-corrected chi connectivity index (χ3v) is 4.18. The van der Waals surface area contributed by atoms with Gasteiger partial charge in [-0.3, -0.25) is 4.79 Å². The molecule has 0 atom stereocenters. The zero-order valence-electron chi connectivity index (χ0n) is 13.0. The molecule has 0 spiro atoms. The van der Waals surface area contributed by atoms with Crippen LogP contribution in [0.4, 0.5) is 18.9 Å². The summed E-state index contributed by atoms with van der Waals surface area (Å²) in [6.45, 7) is 0. The van der Waals surface area contributed by atoms with E-state index in [2.05, 4.69) is 15.5 Å². The van der Waals surface area contributed by atoms with Crippen molar-refractivity contribution < 1.29 is 22.4 Å². The van der Waals surface area contributed by atoms with Crippen LogP contribution in [0.15, 0.2) is 52.2 Å². The summed E-state index contributed by atoms with van der Waals surface area (Å²) in [7, 11) is 0. The van der Waals surface area contributed by atoms with Gasteiger partial charge in [0.25, 0.3) is 0 Å². The third kappa shape index (κ3) is 3.99. The molecule has 0 aliphatic rings. The van der Waals surface area contributed by atoms with E-state index in [1.54, 1.807) is 12.1 Å². The number of aromatic nitrogens is 3. The Bertz CT molecular complexity index is 891. The number of nitrogens with one attached hydrogen (secondary N) is 1. The normalized spacial score (nSPS) is 11.5. The van der Waals surface area contributed by atoms with Crippen LogP contribution in [0.1, 0.15) is 5.56 Å². The maximum Gasteiger partial charge on any atom is 0.416 e. The van der Waals surface area contributed by atoms with Crippen LogP contribution >= 0.6 is 11.8 Å². The number of nitrogen functional groups attached to an aromatic ring is 1. The second-order valence-corrected chi connectivity index (χ2v) is 6.01. The highest BCUT2D eigenvalue weighted by Crippen LogP contribution is 2.30. The van der Waals surface area contributed by atoms with E-state index in [0.717, 1.165) is 23.9 Å². The van der Waals surface area contributed by atoms with Gasteiger partial charge in [0.1, 0.15) is 0 Å². The van der Waals surface area contributed by atoms with Crippen LogP contribution in [-0.2, 0) is 11.0 Å². The van der Waals surface area contributed by atoms with Crippen molar-refractivity contribution in [2.24, 2.45) is 0 Å². The van der Waals surface area contributed by atoms with Crippen LogP contribution < -0.4 is 11.2 Å². The highest BCUT2D eigenvalue weighted by molar-refractivity contribution is 7.99. The van der Waals surface area contributed by atoms with Gasteiger partial charge in [0.05, 0.1) is 17.6 Å². The number of nitrogens with zero attached hydrogens (tertiary/aromatic N) is 3. The van der Waals surface area contributed by atoms with E-state index in [1.807, 2.05) is 0 Å². The first kappa shape index (κ1) is 17.9. The van der Waals surface area contributed by atoms with E-state index >= 15 is 0 Å². The molecule has 0 fully saturated rings. The van der Waals surface area contributed by atoms with Crippen molar-refractivity contribution in [3.63, 3.8) is 0 Å². The van der Waals surface area contributed by atoms with E-state index in [-0.39, 0.29) is 11.4 Å². The number of rotatable bonds is 5. The highest BCUT2D eigenvalue weighted by atomic mass is 32.2. The number of hydrogen-bond donors (Lipinski definition) is 2. The number of thioether (sulfide) groups is 1. The van der Waals surface area contributed by atoms with E-state index in [0.29, 0.717) is 16.7 Å². The first-order valence-electron chi connectivity index (χ1n) is 7.19. The number of carbonyl (C=O) groups is 1. The van der Waals surface area contributed by atoms with Crippen molar-refractivity contribution in [1.82, 2.24) is 14.9 Å². The van der Waals surface area contributed by atoms with Crippen molar-refractivity contribution >= 4 is 23.4 Å². The molecule has 0 aliphatic heterocycles. The molecule has 2 aromatic heterocycles. The van der Waals surface area contributed by atoms with Crippen LogP contribution in [0.2, 0.25) is 0 Å². The Morgan fingerprint density at radius 1 is 1.23 bits per heavy atom. The number of hydrogen-bond acceptors (Lipinski definition) is 6. The van der Waals surface area contributed by atoms with E-state index < -0.39 is 17.6 Å². The SMILES string of the molecule is Nn1c(SCC(=O)Nc2ccc(C(F)(F)F)cc2)nnc1-c1ccco1. The van der Waals surface area contributed by atoms with Crippen molar-refractivity contribution in [1.29, 1.82) is 0 Å². The van der Waals surface area contributed by atoms with Crippen molar-refractivity contribution in [2.45, 2.75) is 11.3 Å². The Hall–Kier alpha value is -2.95. The molecule has 1 aromatic carbocycles. The molecule has 0 bridgehead atoms. The van der Waals surface area contributed by atoms with Gasteiger partial charge in [-0.1, -0.05) is 11.8 Å². The zero-order valence-corrected chi connectivity index (χ0v) is 13.8. The number of nitrogens with two attached hydrogens (primary N) is 1. The summed E-state index contributed by atoms with van der Waals surface area (Å²) in [5, 5.41) is 10.6. The van der Waals surface area contributed by atoms with Crippen molar-refractivity contribution in [2.75, 3.05) is 16.9 Å². The molecule has 0 saturated carbocycles. The second-order valence-electron chi connectivity index (χ2n) is 5.07. The predicted molar refractivity (Wildman–Crippen MR) is 88.7 cm³/mol. The Labute approximate surface area is 149 Å². The van der Waals surface area contributed by atoms with Crippen molar-refractivity contribution in [3.05, 3.63) is 48.2 Å². The summed E-state index contributed by atoms with van der Waals surface area (Å²) in [6.07, 6.45) is -2.95. The van der Waals surface area contributed by atoms with Gasteiger partial charge in [-0.15, -0.1) is 10.2 Å². The molecule has 0 radical (unpaired) electrons. The zero-order chi connectivity index (χ0) is 18.7. The Morgan fingerprint density at radius 3 is 2.58 bits per heavy atom. The Kier molecular flexibility index (Phi) is 4.89. The summed E-state index contributed by atoms with van der Waals surface area (Å²) >= 11 is 1.03.